The predicted octanol–water partition coefficient (Wildman–Crippen LogP) is 3.08. The maximum Gasteiger partial charge on any atom is 0.312 e. The van der Waals surface area contributed by atoms with Gasteiger partial charge in [0.25, 0.3) is 0 Å². The molecule has 0 aliphatic heterocycles. The predicted molar refractivity (Wildman–Crippen MR) is 98.4 cm³/mol. The highest BCUT2D eigenvalue weighted by Gasteiger charge is 2.22. The SMILES string of the molecule is Cc1nn(CSc2nnc(C)n2/N=C\c2cccc(F)c2)c(C)c1[N+](=O)[O-]. The van der Waals surface area contributed by atoms with Gasteiger partial charge in [0.2, 0.25) is 5.16 Å². The number of thioether (sulfide) groups is 1. The van der Waals surface area contributed by atoms with Crippen molar-refractivity contribution in [3.8, 4) is 0 Å². The molecule has 11 heteroatoms. The largest absolute Gasteiger partial charge is 0.312 e. The van der Waals surface area contributed by atoms with Crippen LogP contribution in [0.1, 0.15) is 22.8 Å². The van der Waals surface area contributed by atoms with Gasteiger partial charge in [-0.15, -0.1) is 10.2 Å². The number of halogens is 1. The molecule has 0 fully saturated rings. The van der Waals surface area contributed by atoms with E-state index in [1.165, 1.54) is 34.8 Å². The van der Waals surface area contributed by atoms with Gasteiger partial charge in [-0.05, 0) is 38.5 Å². The molecule has 0 bridgehead atoms. The van der Waals surface area contributed by atoms with Crippen molar-refractivity contribution in [1.29, 1.82) is 0 Å². The molecule has 3 rings (SSSR count). The highest BCUT2D eigenvalue weighted by Crippen LogP contribution is 2.25. The summed E-state index contributed by atoms with van der Waals surface area (Å²) in [6.07, 6.45) is 1.51. The van der Waals surface area contributed by atoms with Crippen LogP contribution in [0.2, 0.25) is 0 Å². The van der Waals surface area contributed by atoms with Crippen LogP contribution in [0.3, 0.4) is 0 Å². The number of aromatic nitrogens is 5. The van der Waals surface area contributed by atoms with E-state index in [9.17, 15) is 14.5 Å². The number of hydrogen-bond donors (Lipinski definition) is 0. The smallest absolute Gasteiger partial charge is 0.258 e. The summed E-state index contributed by atoms with van der Waals surface area (Å²) in [6.45, 7) is 4.99. The van der Waals surface area contributed by atoms with Gasteiger partial charge in [-0.25, -0.2) is 4.39 Å². The van der Waals surface area contributed by atoms with Crippen LogP contribution in [0.25, 0.3) is 0 Å². The van der Waals surface area contributed by atoms with Crippen LogP contribution in [0.15, 0.2) is 34.5 Å². The van der Waals surface area contributed by atoms with Crippen molar-refractivity contribution in [2.75, 3.05) is 0 Å². The minimum Gasteiger partial charge on any atom is -0.258 e. The molecule has 0 unspecified atom stereocenters. The zero-order valence-electron chi connectivity index (χ0n) is 14.8. The van der Waals surface area contributed by atoms with E-state index >= 15 is 0 Å². The Hall–Kier alpha value is -3.08. The van der Waals surface area contributed by atoms with Crippen molar-refractivity contribution in [3.63, 3.8) is 0 Å². The number of nitro groups is 1. The van der Waals surface area contributed by atoms with Gasteiger partial charge in [-0.2, -0.15) is 14.9 Å². The Morgan fingerprint density at radius 1 is 1.33 bits per heavy atom. The monoisotopic (exact) mass is 389 g/mol. The van der Waals surface area contributed by atoms with E-state index in [0.717, 1.165) is 0 Å². The van der Waals surface area contributed by atoms with Gasteiger partial charge in [0.1, 0.15) is 17.2 Å². The second-order valence-electron chi connectivity index (χ2n) is 5.69. The van der Waals surface area contributed by atoms with Crippen molar-refractivity contribution >= 4 is 23.7 Å². The molecule has 1 aromatic carbocycles. The van der Waals surface area contributed by atoms with Gasteiger partial charge in [-0.1, -0.05) is 23.9 Å². The Bertz CT molecular complexity index is 1030. The number of benzene rings is 1. The summed E-state index contributed by atoms with van der Waals surface area (Å²) < 4.78 is 16.3. The lowest BCUT2D eigenvalue weighted by atomic mass is 10.2. The molecule has 27 heavy (non-hydrogen) atoms. The summed E-state index contributed by atoms with van der Waals surface area (Å²) in [6, 6.07) is 6.05. The Morgan fingerprint density at radius 3 is 2.78 bits per heavy atom. The van der Waals surface area contributed by atoms with Crippen molar-refractivity contribution in [2.45, 2.75) is 31.8 Å². The lowest BCUT2D eigenvalue weighted by molar-refractivity contribution is -0.386. The summed E-state index contributed by atoms with van der Waals surface area (Å²) >= 11 is 1.29. The number of nitrogens with zero attached hydrogens (tertiary/aromatic N) is 7. The molecule has 0 atom stereocenters. The highest BCUT2D eigenvalue weighted by molar-refractivity contribution is 7.98. The van der Waals surface area contributed by atoms with Crippen LogP contribution in [0, 0.1) is 36.7 Å². The normalized spacial score (nSPS) is 11.4. The first-order chi connectivity index (χ1) is 12.9. The Labute approximate surface area is 158 Å². The van der Waals surface area contributed by atoms with Gasteiger partial charge >= 0.3 is 5.69 Å². The molecule has 0 spiro atoms. The first-order valence-corrected chi connectivity index (χ1v) is 8.88. The van der Waals surface area contributed by atoms with Crippen LogP contribution in [0.4, 0.5) is 10.1 Å². The standard InChI is InChI=1S/C16H16FN7O2S/c1-10-15(24(25)26)11(2)22(21-10)9-27-16-20-19-12(3)23(16)18-8-13-5-4-6-14(17)7-13/h4-8H,9H2,1-3H3/b18-8-. The summed E-state index contributed by atoms with van der Waals surface area (Å²) in [4.78, 5) is 10.7. The Morgan fingerprint density at radius 2 is 2.11 bits per heavy atom. The summed E-state index contributed by atoms with van der Waals surface area (Å²) in [5.41, 5.74) is 1.45. The molecule has 0 amide bonds. The van der Waals surface area contributed by atoms with Crippen LogP contribution < -0.4 is 0 Å². The van der Waals surface area contributed by atoms with E-state index in [2.05, 4.69) is 20.4 Å². The Balaban J connectivity index is 1.80. The molecule has 140 valence electrons. The van der Waals surface area contributed by atoms with Crippen LogP contribution in [0.5, 0.6) is 0 Å². The minimum absolute atomic E-state index is 0.0115. The lowest BCUT2D eigenvalue weighted by Gasteiger charge is -2.04. The summed E-state index contributed by atoms with van der Waals surface area (Å²) in [5, 5.41) is 28.2. The molecule has 0 N–H and O–H groups in total. The molecule has 2 aromatic heterocycles. The summed E-state index contributed by atoms with van der Waals surface area (Å²) in [7, 11) is 0. The zero-order valence-corrected chi connectivity index (χ0v) is 15.6. The van der Waals surface area contributed by atoms with Crippen LogP contribution in [-0.2, 0) is 5.88 Å². The molecule has 2 heterocycles. The van der Waals surface area contributed by atoms with Gasteiger partial charge in [-0.3, -0.25) is 14.8 Å². The topological polar surface area (TPSA) is 104 Å². The fraction of sp³-hybridized carbons (Fsp3) is 0.250. The summed E-state index contributed by atoms with van der Waals surface area (Å²) in [5.74, 6) is 0.526. The van der Waals surface area contributed by atoms with E-state index < -0.39 is 4.92 Å². The molecule has 0 saturated heterocycles. The van der Waals surface area contributed by atoms with Gasteiger partial charge in [0.05, 0.1) is 17.0 Å². The van der Waals surface area contributed by atoms with Crippen molar-refractivity contribution in [1.82, 2.24) is 24.7 Å². The van der Waals surface area contributed by atoms with E-state index in [4.69, 9.17) is 0 Å². The maximum absolute atomic E-state index is 13.3. The zero-order chi connectivity index (χ0) is 19.6. The Kier molecular flexibility index (Phi) is 5.31. The molecular formula is C16H16FN7O2S. The van der Waals surface area contributed by atoms with Crippen LogP contribution >= 0.6 is 11.8 Å². The third-order valence-electron chi connectivity index (χ3n) is 3.78. The van der Waals surface area contributed by atoms with Gasteiger partial charge < -0.3 is 0 Å². The average Bonchev–Trinajstić information content (AvgIpc) is 3.10. The van der Waals surface area contributed by atoms with Crippen molar-refractivity contribution in [2.24, 2.45) is 5.10 Å². The number of aryl methyl sites for hydroxylation is 2. The van der Waals surface area contributed by atoms with Crippen LogP contribution in [-0.4, -0.2) is 35.8 Å². The number of rotatable bonds is 6. The van der Waals surface area contributed by atoms with Crippen molar-refractivity contribution in [3.05, 3.63) is 63.0 Å². The first-order valence-electron chi connectivity index (χ1n) is 7.90. The molecule has 0 aliphatic carbocycles. The molecule has 3 aromatic rings. The molecular weight excluding hydrogens is 373 g/mol. The van der Waals surface area contributed by atoms with E-state index in [1.54, 1.807) is 37.6 Å². The average molecular weight is 389 g/mol. The molecule has 9 nitrogen and oxygen atoms in total. The fourth-order valence-corrected chi connectivity index (χ4v) is 3.36. The van der Waals surface area contributed by atoms with E-state index in [0.29, 0.717) is 33.8 Å². The first kappa shape index (κ1) is 18.7. The molecule has 0 aliphatic rings. The minimum atomic E-state index is -0.436. The van der Waals surface area contributed by atoms with E-state index in [1.807, 2.05) is 0 Å². The number of hydrogen-bond acceptors (Lipinski definition) is 7. The second kappa shape index (κ2) is 7.66. The van der Waals surface area contributed by atoms with Gasteiger partial charge in [0, 0.05) is 0 Å². The molecule has 0 saturated carbocycles. The van der Waals surface area contributed by atoms with E-state index in [-0.39, 0.29) is 11.5 Å². The maximum atomic E-state index is 13.3. The molecule has 0 radical (unpaired) electrons. The second-order valence-corrected chi connectivity index (χ2v) is 6.60. The lowest BCUT2D eigenvalue weighted by Crippen LogP contribution is -2.02. The fourth-order valence-electron chi connectivity index (χ4n) is 2.47. The third-order valence-corrected chi connectivity index (χ3v) is 4.67. The van der Waals surface area contributed by atoms with Crippen molar-refractivity contribution < 1.29 is 9.31 Å². The van der Waals surface area contributed by atoms with Gasteiger partial charge in [0.15, 0.2) is 5.82 Å². The quantitative estimate of drug-likeness (QED) is 0.278. The third kappa shape index (κ3) is 4.03. The highest BCUT2D eigenvalue weighted by atomic mass is 32.2.